The standard InChI is InChI=1S/C29H32F2N4O3/c30-23-7-6-18(19-12-20-16-32-25(36)15-22-26(20)24(14-19)33-27(22)31)13-21(23)29(38)35-10-8-34(9-11-35)28(37)17-4-2-1-3-5-17/h6-7,13,15,17,19-20H,1-5,8-12,14,16H2,(H,32,36). The van der Waals surface area contributed by atoms with Crippen molar-refractivity contribution >= 4 is 23.7 Å². The molecule has 0 radical (unpaired) electrons. The summed E-state index contributed by atoms with van der Waals surface area (Å²) in [5.41, 5.74) is 2.51. The van der Waals surface area contributed by atoms with Gasteiger partial charge < -0.3 is 15.1 Å². The van der Waals surface area contributed by atoms with Crippen molar-refractivity contribution in [1.82, 2.24) is 15.1 Å². The molecule has 200 valence electrons. The fraction of sp³-hybridized carbons (Fsp3) is 0.517. The first-order valence-corrected chi connectivity index (χ1v) is 13.7. The minimum Gasteiger partial charge on any atom is -0.352 e. The maximum absolute atomic E-state index is 14.9. The van der Waals surface area contributed by atoms with Crippen molar-refractivity contribution in [3.63, 3.8) is 0 Å². The Morgan fingerprint density at radius 2 is 1.71 bits per heavy atom. The molecule has 1 N–H and O–H groups in total. The molecule has 2 atom stereocenters. The van der Waals surface area contributed by atoms with Gasteiger partial charge in [0, 0.05) is 61.9 Å². The van der Waals surface area contributed by atoms with E-state index in [1.54, 1.807) is 17.0 Å². The topological polar surface area (TPSA) is 82.1 Å². The Morgan fingerprint density at radius 1 is 0.974 bits per heavy atom. The van der Waals surface area contributed by atoms with Crippen LogP contribution < -0.4 is 5.32 Å². The molecule has 0 spiro atoms. The van der Waals surface area contributed by atoms with E-state index in [-0.39, 0.29) is 46.6 Å². The van der Waals surface area contributed by atoms with Gasteiger partial charge in [0.25, 0.3) is 5.91 Å². The Balaban J connectivity index is 1.16. The van der Waals surface area contributed by atoms with Crippen molar-refractivity contribution in [3.05, 3.63) is 58.1 Å². The van der Waals surface area contributed by atoms with E-state index in [4.69, 9.17) is 0 Å². The van der Waals surface area contributed by atoms with Crippen LogP contribution in [0.3, 0.4) is 0 Å². The Bertz CT molecular complexity index is 1270. The Kier molecular flexibility index (Phi) is 6.61. The normalized spacial score (nSPS) is 25.9. The van der Waals surface area contributed by atoms with Gasteiger partial charge in [0.05, 0.1) is 5.56 Å². The number of carbonyl (C=O) groups excluding carboxylic acids is 3. The van der Waals surface area contributed by atoms with Crippen molar-refractivity contribution in [1.29, 1.82) is 0 Å². The Hall–Kier alpha value is -3.36. The predicted octanol–water partition coefficient (Wildman–Crippen LogP) is 3.88. The summed E-state index contributed by atoms with van der Waals surface area (Å²) in [6.45, 7) is 2.08. The first kappa shape index (κ1) is 24.9. The van der Waals surface area contributed by atoms with Crippen LogP contribution in [0.15, 0.2) is 46.1 Å². The average Bonchev–Trinajstić information content (AvgIpc) is 3.14. The third-order valence-corrected chi connectivity index (χ3v) is 8.80. The van der Waals surface area contributed by atoms with Crippen molar-refractivity contribution in [2.45, 2.75) is 50.9 Å². The van der Waals surface area contributed by atoms with Crippen molar-refractivity contribution < 1.29 is 23.2 Å². The quantitative estimate of drug-likeness (QED) is 0.654. The van der Waals surface area contributed by atoms with Crippen LogP contribution in [0.2, 0.25) is 0 Å². The summed E-state index contributed by atoms with van der Waals surface area (Å²) in [6.07, 6.45) is 7.65. The number of hydrogen-bond donors (Lipinski definition) is 1. The van der Waals surface area contributed by atoms with E-state index in [1.165, 1.54) is 18.6 Å². The van der Waals surface area contributed by atoms with Gasteiger partial charge >= 0.3 is 0 Å². The van der Waals surface area contributed by atoms with Crippen LogP contribution >= 0.6 is 0 Å². The lowest BCUT2D eigenvalue weighted by atomic mass is 9.75. The molecule has 2 unspecified atom stereocenters. The van der Waals surface area contributed by atoms with Crippen LogP contribution in [-0.2, 0) is 9.59 Å². The lowest BCUT2D eigenvalue weighted by Crippen LogP contribution is -2.52. The van der Waals surface area contributed by atoms with Gasteiger partial charge in [0.15, 0.2) is 0 Å². The van der Waals surface area contributed by atoms with E-state index in [0.717, 1.165) is 36.8 Å². The Labute approximate surface area is 220 Å². The van der Waals surface area contributed by atoms with Crippen molar-refractivity contribution in [2.24, 2.45) is 16.8 Å². The van der Waals surface area contributed by atoms with Gasteiger partial charge in [-0.3, -0.25) is 14.4 Å². The molecule has 9 heteroatoms. The second kappa shape index (κ2) is 10.1. The molecule has 2 aliphatic carbocycles. The van der Waals surface area contributed by atoms with Crippen molar-refractivity contribution in [2.75, 3.05) is 32.7 Å². The zero-order valence-electron chi connectivity index (χ0n) is 21.3. The fourth-order valence-corrected chi connectivity index (χ4v) is 6.75. The summed E-state index contributed by atoms with van der Waals surface area (Å²) in [5, 5.41) is 2.82. The maximum atomic E-state index is 14.9. The van der Waals surface area contributed by atoms with Crippen LogP contribution in [0.4, 0.5) is 8.78 Å². The number of nitrogens with one attached hydrogen (secondary N) is 1. The lowest BCUT2D eigenvalue weighted by Gasteiger charge is -2.37. The number of halogens is 2. The summed E-state index contributed by atoms with van der Waals surface area (Å²) in [4.78, 5) is 45.9. The van der Waals surface area contributed by atoms with E-state index in [9.17, 15) is 23.2 Å². The molecule has 6 rings (SSSR count). The largest absolute Gasteiger partial charge is 0.352 e. The summed E-state index contributed by atoms with van der Waals surface area (Å²) in [5.74, 6) is -1.81. The van der Waals surface area contributed by atoms with Crippen LogP contribution in [-0.4, -0.2) is 66.2 Å². The van der Waals surface area contributed by atoms with Crippen LogP contribution in [0.5, 0.6) is 0 Å². The maximum Gasteiger partial charge on any atom is 0.256 e. The van der Waals surface area contributed by atoms with E-state index >= 15 is 0 Å². The molecule has 0 aromatic heterocycles. The van der Waals surface area contributed by atoms with Gasteiger partial charge in [-0.25, -0.2) is 9.38 Å². The molecular formula is C29H32F2N4O3. The van der Waals surface area contributed by atoms with Gasteiger partial charge in [-0.15, -0.1) is 0 Å². The van der Waals surface area contributed by atoms with Gasteiger partial charge in [-0.05, 0) is 54.9 Å². The van der Waals surface area contributed by atoms with Gasteiger partial charge in [0.1, 0.15) is 5.82 Å². The number of hydrogen-bond acceptors (Lipinski definition) is 4. The molecule has 1 saturated carbocycles. The molecule has 1 aromatic rings. The minimum absolute atomic E-state index is 0.0187. The smallest absolute Gasteiger partial charge is 0.256 e. The number of rotatable bonds is 3. The van der Waals surface area contributed by atoms with Gasteiger partial charge in [-0.2, -0.15) is 4.39 Å². The molecule has 0 bridgehead atoms. The second-order valence-electron chi connectivity index (χ2n) is 11.1. The molecule has 3 heterocycles. The summed E-state index contributed by atoms with van der Waals surface area (Å²) >= 11 is 0. The zero-order chi connectivity index (χ0) is 26.4. The van der Waals surface area contributed by atoms with E-state index in [2.05, 4.69) is 10.3 Å². The second-order valence-corrected chi connectivity index (χ2v) is 11.1. The highest BCUT2D eigenvalue weighted by Gasteiger charge is 2.39. The number of aliphatic imine (C=N–C) groups is 1. The molecular weight excluding hydrogens is 490 g/mol. The van der Waals surface area contributed by atoms with E-state index in [1.807, 2.05) is 4.90 Å². The number of piperazine rings is 1. The molecule has 1 aromatic carbocycles. The third kappa shape index (κ3) is 4.56. The van der Waals surface area contributed by atoms with Gasteiger partial charge in [-0.1, -0.05) is 25.3 Å². The number of benzene rings is 1. The number of carbonyl (C=O) groups is 3. The SMILES string of the molecule is O=C1C=C2C(F)=NC3=C2C(CN1)CC(c1ccc(F)c(C(=O)N2CCN(C(=O)C4CCCCC4)CC2)c1)C3. The van der Waals surface area contributed by atoms with Crippen LogP contribution in [0.25, 0.3) is 0 Å². The average molecular weight is 523 g/mol. The van der Waals surface area contributed by atoms with Crippen LogP contribution in [0, 0.1) is 17.7 Å². The Morgan fingerprint density at radius 3 is 2.47 bits per heavy atom. The molecule has 5 aliphatic rings. The highest BCUT2D eigenvalue weighted by Crippen LogP contribution is 2.47. The summed E-state index contributed by atoms with van der Waals surface area (Å²) in [7, 11) is 0. The summed E-state index contributed by atoms with van der Waals surface area (Å²) < 4.78 is 29.4. The number of allylic oxidation sites excluding steroid dienone is 2. The molecule has 38 heavy (non-hydrogen) atoms. The first-order chi connectivity index (χ1) is 18.4. The zero-order valence-corrected chi connectivity index (χ0v) is 21.3. The van der Waals surface area contributed by atoms with Crippen LogP contribution in [0.1, 0.15) is 66.8 Å². The molecule has 7 nitrogen and oxygen atoms in total. The number of nitrogens with zero attached hydrogens (tertiary/aromatic N) is 3. The lowest BCUT2D eigenvalue weighted by molar-refractivity contribution is -0.138. The third-order valence-electron chi connectivity index (χ3n) is 8.80. The minimum atomic E-state index is -0.631. The molecule has 1 saturated heterocycles. The fourth-order valence-electron chi connectivity index (χ4n) is 6.75. The molecule has 2 fully saturated rings. The van der Waals surface area contributed by atoms with E-state index < -0.39 is 11.8 Å². The highest BCUT2D eigenvalue weighted by atomic mass is 19.1. The van der Waals surface area contributed by atoms with Gasteiger partial charge in [0.2, 0.25) is 17.8 Å². The predicted molar refractivity (Wildman–Crippen MR) is 138 cm³/mol. The van der Waals surface area contributed by atoms with Crippen molar-refractivity contribution in [3.8, 4) is 0 Å². The monoisotopic (exact) mass is 522 g/mol. The first-order valence-electron chi connectivity index (χ1n) is 13.7. The van der Waals surface area contributed by atoms with E-state index in [0.29, 0.717) is 51.3 Å². The summed E-state index contributed by atoms with van der Waals surface area (Å²) in [6, 6.07) is 4.63. The molecule has 3 amide bonds. The number of amides is 3. The molecule has 3 aliphatic heterocycles. The highest BCUT2D eigenvalue weighted by molar-refractivity contribution is 6.07.